The number of nitrogens with zero attached hydrogens (tertiary/aromatic N) is 6. The Morgan fingerprint density at radius 1 is 1.23 bits per heavy atom. The summed E-state index contributed by atoms with van der Waals surface area (Å²) in [4.78, 5) is 13.7. The molecule has 1 unspecified atom stereocenters. The number of alkyl halides is 1. The van der Waals surface area contributed by atoms with Crippen molar-refractivity contribution in [1.82, 2.24) is 19.9 Å². The first-order chi connectivity index (χ1) is 12.6. The number of oxazole rings is 1. The molecule has 0 saturated carbocycles. The number of aromatic nitrogens is 3. The van der Waals surface area contributed by atoms with Gasteiger partial charge in [0, 0.05) is 18.2 Å². The van der Waals surface area contributed by atoms with Crippen LogP contribution >= 0.6 is 0 Å². The Labute approximate surface area is 148 Å². The molecule has 7 nitrogen and oxygen atoms in total. The van der Waals surface area contributed by atoms with Gasteiger partial charge >= 0.3 is 0 Å². The second-order valence-corrected chi connectivity index (χ2v) is 6.19. The summed E-state index contributed by atoms with van der Waals surface area (Å²) in [6.45, 7) is 0.488. The van der Waals surface area contributed by atoms with Gasteiger partial charge in [0.15, 0.2) is 11.8 Å². The Bertz CT molecular complexity index is 1070. The summed E-state index contributed by atoms with van der Waals surface area (Å²) in [5.41, 5.74) is 0.746. The summed E-state index contributed by atoms with van der Waals surface area (Å²) >= 11 is 0. The first-order valence-corrected chi connectivity index (χ1v) is 8.08. The van der Waals surface area contributed by atoms with Crippen LogP contribution in [0.25, 0.3) is 22.4 Å². The van der Waals surface area contributed by atoms with Gasteiger partial charge in [-0.05, 0) is 31.0 Å². The van der Waals surface area contributed by atoms with Gasteiger partial charge in [0.25, 0.3) is 0 Å². The van der Waals surface area contributed by atoms with Crippen LogP contribution in [0.2, 0.25) is 0 Å². The van der Waals surface area contributed by atoms with Crippen molar-refractivity contribution in [1.29, 1.82) is 10.5 Å². The van der Waals surface area contributed by atoms with E-state index in [0.717, 1.165) is 5.56 Å². The van der Waals surface area contributed by atoms with Crippen LogP contribution in [0.5, 0.6) is 0 Å². The molecular weight excluding hydrogens is 335 g/mol. The van der Waals surface area contributed by atoms with E-state index in [1.54, 1.807) is 24.3 Å². The maximum atomic E-state index is 15.3. The van der Waals surface area contributed by atoms with Crippen molar-refractivity contribution in [2.45, 2.75) is 18.5 Å². The lowest BCUT2D eigenvalue weighted by atomic mass is 9.95. The van der Waals surface area contributed by atoms with E-state index in [1.165, 1.54) is 11.2 Å². The Hall–Kier alpha value is -3.52. The quantitative estimate of drug-likeness (QED) is 0.656. The van der Waals surface area contributed by atoms with Gasteiger partial charge in [0.2, 0.25) is 11.6 Å². The molecule has 0 radical (unpaired) electrons. The van der Waals surface area contributed by atoms with Crippen LogP contribution in [-0.4, -0.2) is 32.9 Å². The average molecular weight is 348 g/mol. The predicted molar refractivity (Wildman–Crippen MR) is 89.0 cm³/mol. The highest BCUT2D eigenvalue weighted by molar-refractivity contribution is 5.79. The van der Waals surface area contributed by atoms with Crippen molar-refractivity contribution in [3.8, 4) is 23.5 Å². The number of nitriles is 2. The standard InChI is InChI=1S/C18H13FN6O/c19-18(4-1-5-25(9-18)10-21)17-24-15-6-12(2-3-16(15)26-17)14-7-13(8-20)22-11-23-14/h2-3,6-7,11H,1,4-5,9H2. The minimum atomic E-state index is -1.78. The molecule has 0 spiro atoms. The van der Waals surface area contributed by atoms with Crippen LogP contribution in [-0.2, 0) is 5.67 Å². The highest BCUT2D eigenvalue weighted by atomic mass is 19.1. The van der Waals surface area contributed by atoms with E-state index in [2.05, 4.69) is 15.0 Å². The number of fused-ring (bicyclic) bond motifs is 1. The molecule has 3 heterocycles. The summed E-state index contributed by atoms with van der Waals surface area (Å²) in [6.07, 6.45) is 4.14. The molecule has 1 aliphatic rings. The first-order valence-electron chi connectivity index (χ1n) is 8.08. The Morgan fingerprint density at radius 3 is 2.92 bits per heavy atom. The summed E-state index contributed by atoms with van der Waals surface area (Å²) in [5.74, 6) is -0.00926. The van der Waals surface area contributed by atoms with Crippen molar-refractivity contribution in [3.63, 3.8) is 0 Å². The van der Waals surface area contributed by atoms with E-state index in [9.17, 15) is 0 Å². The van der Waals surface area contributed by atoms with E-state index in [4.69, 9.17) is 14.9 Å². The van der Waals surface area contributed by atoms with Gasteiger partial charge in [-0.3, -0.25) is 0 Å². The third-order valence-electron chi connectivity index (χ3n) is 4.43. The third kappa shape index (κ3) is 2.72. The Kier molecular flexibility index (Phi) is 3.74. The van der Waals surface area contributed by atoms with Crippen molar-refractivity contribution in [3.05, 3.63) is 42.2 Å². The number of piperidine rings is 1. The van der Waals surface area contributed by atoms with Gasteiger partial charge < -0.3 is 9.32 Å². The fourth-order valence-electron chi connectivity index (χ4n) is 3.13. The average Bonchev–Trinajstić information content (AvgIpc) is 3.12. The number of benzene rings is 1. The summed E-state index contributed by atoms with van der Waals surface area (Å²) in [6, 6.07) is 8.75. The van der Waals surface area contributed by atoms with Gasteiger partial charge in [-0.15, -0.1) is 0 Å². The summed E-state index contributed by atoms with van der Waals surface area (Å²) in [5, 5.41) is 18.0. The molecular formula is C18H13FN6O. The molecule has 0 N–H and O–H groups in total. The second kappa shape index (κ2) is 6.08. The molecule has 1 aromatic carbocycles. The van der Waals surface area contributed by atoms with Gasteiger partial charge in [-0.1, -0.05) is 0 Å². The van der Waals surface area contributed by atoms with Gasteiger partial charge in [0.05, 0.1) is 12.2 Å². The zero-order chi connectivity index (χ0) is 18.1. The van der Waals surface area contributed by atoms with Crippen LogP contribution in [0.4, 0.5) is 4.39 Å². The predicted octanol–water partition coefficient (Wildman–Crippen LogP) is 2.90. The van der Waals surface area contributed by atoms with E-state index in [0.29, 0.717) is 29.8 Å². The number of hydrogen-bond donors (Lipinski definition) is 0. The number of likely N-dealkylation sites (tertiary alicyclic amines) is 1. The minimum Gasteiger partial charge on any atom is -0.437 e. The Balaban J connectivity index is 1.72. The fourth-order valence-corrected chi connectivity index (χ4v) is 3.13. The van der Waals surface area contributed by atoms with Crippen molar-refractivity contribution >= 4 is 11.1 Å². The SMILES string of the molecule is N#Cc1cc(-c2ccc3oc(C4(F)CCCN(C#N)C4)nc3c2)ncn1. The van der Waals surface area contributed by atoms with Crippen LogP contribution in [0.15, 0.2) is 35.0 Å². The van der Waals surface area contributed by atoms with Crippen LogP contribution < -0.4 is 0 Å². The van der Waals surface area contributed by atoms with Gasteiger partial charge in [-0.2, -0.15) is 10.5 Å². The van der Waals surface area contributed by atoms with E-state index in [1.807, 2.05) is 12.3 Å². The van der Waals surface area contributed by atoms with Crippen LogP contribution in [0, 0.1) is 22.8 Å². The lowest BCUT2D eigenvalue weighted by Gasteiger charge is -2.31. The molecule has 8 heteroatoms. The molecule has 0 amide bonds. The van der Waals surface area contributed by atoms with E-state index in [-0.39, 0.29) is 24.6 Å². The molecule has 1 atom stereocenters. The third-order valence-corrected chi connectivity index (χ3v) is 4.43. The van der Waals surface area contributed by atoms with Crippen LogP contribution in [0.3, 0.4) is 0 Å². The van der Waals surface area contributed by atoms with Crippen molar-refractivity contribution < 1.29 is 8.81 Å². The smallest absolute Gasteiger partial charge is 0.235 e. The molecule has 4 rings (SSSR count). The maximum absolute atomic E-state index is 15.3. The first kappa shape index (κ1) is 16.0. The summed E-state index contributed by atoms with van der Waals surface area (Å²) < 4.78 is 20.9. The Morgan fingerprint density at radius 2 is 2.12 bits per heavy atom. The van der Waals surface area contributed by atoms with Crippen LogP contribution in [0.1, 0.15) is 24.4 Å². The van der Waals surface area contributed by atoms with Gasteiger partial charge in [-0.25, -0.2) is 19.3 Å². The number of hydrogen-bond acceptors (Lipinski definition) is 7. The largest absolute Gasteiger partial charge is 0.437 e. The maximum Gasteiger partial charge on any atom is 0.235 e. The lowest BCUT2D eigenvalue weighted by molar-refractivity contribution is 0.0451. The summed E-state index contributed by atoms with van der Waals surface area (Å²) in [7, 11) is 0. The molecule has 128 valence electrons. The van der Waals surface area contributed by atoms with E-state index < -0.39 is 5.67 Å². The molecule has 0 aliphatic carbocycles. The zero-order valence-corrected chi connectivity index (χ0v) is 13.7. The van der Waals surface area contributed by atoms with E-state index >= 15 is 4.39 Å². The fraction of sp³-hybridized carbons (Fsp3) is 0.278. The molecule has 3 aromatic rings. The lowest BCUT2D eigenvalue weighted by Crippen LogP contribution is -2.41. The molecule has 26 heavy (non-hydrogen) atoms. The molecule has 1 fully saturated rings. The number of rotatable bonds is 2. The molecule has 0 bridgehead atoms. The monoisotopic (exact) mass is 348 g/mol. The normalized spacial score (nSPS) is 19.9. The van der Waals surface area contributed by atoms with Gasteiger partial charge in [0.1, 0.15) is 23.6 Å². The molecule has 1 aliphatic heterocycles. The van der Waals surface area contributed by atoms with Crippen molar-refractivity contribution in [2.75, 3.05) is 13.1 Å². The van der Waals surface area contributed by atoms with Crippen molar-refractivity contribution in [2.24, 2.45) is 0 Å². The topological polar surface area (TPSA) is 103 Å². The molecule has 2 aromatic heterocycles. The minimum absolute atomic E-state index is 0.00926. The number of halogens is 1. The zero-order valence-electron chi connectivity index (χ0n) is 13.7. The highest BCUT2D eigenvalue weighted by Gasteiger charge is 2.41. The highest BCUT2D eigenvalue weighted by Crippen LogP contribution is 2.37. The second-order valence-electron chi connectivity index (χ2n) is 6.19. The molecule has 1 saturated heterocycles.